The predicted octanol–water partition coefficient (Wildman–Crippen LogP) is 3.20. The van der Waals surface area contributed by atoms with Gasteiger partial charge in [0.1, 0.15) is 22.3 Å². The summed E-state index contributed by atoms with van der Waals surface area (Å²) >= 11 is 0.919. The maximum absolute atomic E-state index is 14.0. The van der Waals surface area contributed by atoms with Gasteiger partial charge in [-0.1, -0.05) is 29.5 Å². The van der Waals surface area contributed by atoms with Gasteiger partial charge in [-0.25, -0.2) is 26.5 Å². The number of hydrogen-bond donors (Lipinski definition) is 4. The van der Waals surface area contributed by atoms with Crippen LogP contribution < -0.4 is 22.1 Å². The molecule has 13 heteroatoms. The summed E-state index contributed by atoms with van der Waals surface area (Å²) in [7, 11) is -3.39. The van der Waals surface area contributed by atoms with Crippen LogP contribution in [0.15, 0.2) is 42.5 Å². The van der Waals surface area contributed by atoms with Crippen molar-refractivity contribution in [2.75, 3.05) is 42.2 Å². The third-order valence-electron chi connectivity index (χ3n) is 6.26. The fourth-order valence-electron chi connectivity index (χ4n) is 4.28. The predicted molar refractivity (Wildman–Crippen MR) is 145 cm³/mol. The number of nitrogen functional groups attached to an aromatic ring is 2. The SMILES string of the molecule is Nc1cccc(CNCCCS(=O)(=O)N2CCC(Nc3nc(N)c(C(=O)c4c(F)cccc4F)s3)CC2)c1. The highest BCUT2D eigenvalue weighted by Crippen LogP contribution is 2.30. The quantitative estimate of drug-likeness (QED) is 0.158. The Hall–Kier alpha value is -3.13. The Labute approximate surface area is 224 Å². The van der Waals surface area contributed by atoms with E-state index in [4.69, 9.17) is 11.5 Å². The number of nitrogens with two attached hydrogens (primary N) is 2. The number of thiazole rings is 1. The molecule has 0 bridgehead atoms. The number of anilines is 3. The van der Waals surface area contributed by atoms with Gasteiger partial charge in [0.25, 0.3) is 0 Å². The number of ketones is 1. The molecule has 0 spiro atoms. The molecular weight excluding hydrogens is 534 g/mol. The zero-order chi connectivity index (χ0) is 27.3. The summed E-state index contributed by atoms with van der Waals surface area (Å²) in [5.74, 6) is -2.87. The zero-order valence-corrected chi connectivity index (χ0v) is 22.3. The lowest BCUT2D eigenvalue weighted by Gasteiger charge is -2.31. The maximum Gasteiger partial charge on any atom is 0.214 e. The van der Waals surface area contributed by atoms with Crippen molar-refractivity contribution in [3.05, 3.63) is 70.1 Å². The molecule has 1 aromatic heterocycles. The number of carbonyl (C=O) groups is 1. The third kappa shape index (κ3) is 6.84. The Morgan fingerprint density at radius 2 is 1.79 bits per heavy atom. The van der Waals surface area contributed by atoms with E-state index in [2.05, 4.69) is 15.6 Å². The number of rotatable bonds is 11. The minimum atomic E-state index is -3.39. The molecule has 0 radical (unpaired) electrons. The molecule has 9 nitrogen and oxygen atoms in total. The van der Waals surface area contributed by atoms with E-state index in [0.29, 0.717) is 56.3 Å². The van der Waals surface area contributed by atoms with E-state index in [1.165, 1.54) is 10.4 Å². The van der Waals surface area contributed by atoms with E-state index in [-0.39, 0.29) is 22.5 Å². The van der Waals surface area contributed by atoms with Crippen LogP contribution in [-0.2, 0) is 16.6 Å². The number of nitrogens with one attached hydrogen (secondary N) is 2. The van der Waals surface area contributed by atoms with Gasteiger partial charge in [-0.05, 0) is 55.6 Å². The molecule has 204 valence electrons. The van der Waals surface area contributed by atoms with Crippen LogP contribution in [0.2, 0.25) is 0 Å². The fraction of sp³-hybridized carbons (Fsp3) is 0.360. The average molecular weight is 565 g/mol. The fourth-order valence-corrected chi connectivity index (χ4v) is 6.72. The van der Waals surface area contributed by atoms with Crippen molar-refractivity contribution in [3.8, 4) is 0 Å². The van der Waals surface area contributed by atoms with E-state index in [1.807, 2.05) is 24.3 Å². The third-order valence-corrected chi connectivity index (χ3v) is 9.22. The summed E-state index contributed by atoms with van der Waals surface area (Å²) in [5.41, 5.74) is 12.7. The molecule has 1 saturated heterocycles. The second-order valence-electron chi connectivity index (χ2n) is 9.07. The summed E-state index contributed by atoms with van der Waals surface area (Å²) in [6.45, 7) is 1.88. The first kappa shape index (κ1) is 27.9. The molecule has 4 rings (SSSR count). The Kier molecular flexibility index (Phi) is 8.92. The molecular formula is C25H30F2N6O3S2. The topological polar surface area (TPSA) is 143 Å². The van der Waals surface area contributed by atoms with Crippen LogP contribution >= 0.6 is 11.3 Å². The number of piperidine rings is 1. The zero-order valence-electron chi connectivity index (χ0n) is 20.6. The number of nitrogens with zero attached hydrogens (tertiary/aromatic N) is 2. The van der Waals surface area contributed by atoms with Gasteiger partial charge >= 0.3 is 0 Å². The largest absolute Gasteiger partial charge is 0.399 e. The van der Waals surface area contributed by atoms with E-state index in [0.717, 1.165) is 29.0 Å². The van der Waals surface area contributed by atoms with Crippen molar-refractivity contribution >= 4 is 43.8 Å². The van der Waals surface area contributed by atoms with Crippen LogP contribution in [0.25, 0.3) is 0 Å². The molecule has 1 aliphatic rings. The Morgan fingerprint density at radius 1 is 1.11 bits per heavy atom. The number of halogens is 2. The molecule has 2 aromatic carbocycles. The highest BCUT2D eigenvalue weighted by atomic mass is 32.2. The van der Waals surface area contributed by atoms with Gasteiger partial charge in [-0.15, -0.1) is 0 Å². The summed E-state index contributed by atoms with van der Waals surface area (Å²) in [6, 6.07) is 10.6. The molecule has 0 saturated carbocycles. The molecule has 6 N–H and O–H groups in total. The molecule has 0 amide bonds. The molecule has 0 atom stereocenters. The minimum absolute atomic E-state index is 0.0517. The number of carbonyl (C=O) groups excluding carboxylic acids is 1. The van der Waals surface area contributed by atoms with Gasteiger partial charge in [0.15, 0.2) is 5.13 Å². The number of sulfonamides is 1. The second kappa shape index (κ2) is 12.2. The monoisotopic (exact) mass is 564 g/mol. The second-order valence-corrected chi connectivity index (χ2v) is 12.2. The smallest absolute Gasteiger partial charge is 0.214 e. The lowest BCUT2D eigenvalue weighted by Crippen LogP contribution is -2.43. The first-order valence-electron chi connectivity index (χ1n) is 12.2. The van der Waals surface area contributed by atoms with Gasteiger partial charge in [0.05, 0.1) is 11.3 Å². The van der Waals surface area contributed by atoms with Gasteiger partial charge in [-0.2, -0.15) is 0 Å². The normalized spacial score (nSPS) is 15.0. The summed E-state index contributed by atoms with van der Waals surface area (Å²) < 4.78 is 55.1. The average Bonchev–Trinajstić information content (AvgIpc) is 3.23. The standard InChI is InChI=1S/C25H30F2N6O3S2/c26-19-6-2-7-20(27)21(19)22(34)23-24(29)32-25(37-23)31-18-8-11-33(12-9-18)38(35,36)13-3-10-30-15-16-4-1-5-17(28)14-16/h1-2,4-7,14,18,30H,3,8-13,15,28-29H2,(H,31,32). The Balaban J connectivity index is 1.24. The minimum Gasteiger partial charge on any atom is -0.399 e. The van der Waals surface area contributed by atoms with Crippen LogP contribution in [0.1, 0.15) is 40.1 Å². The molecule has 3 aromatic rings. The van der Waals surface area contributed by atoms with Crippen molar-refractivity contribution in [1.29, 1.82) is 0 Å². The molecule has 2 heterocycles. The van der Waals surface area contributed by atoms with Crippen LogP contribution in [0.4, 0.5) is 25.4 Å². The molecule has 0 aliphatic carbocycles. The van der Waals surface area contributed by atoms with E-state index < -0.39 is 33.0 Å². The molecule has 1 aliphatic heterocycles. The molecule has 38 heavy (non-hydrogen) atoms. The first-order chi connectivity index (χ1) is 18.1. The van der Waals surface area contributed by atoms with Crippen molar-refractivity contribution in [2.45, 2.75) is 31.8 Å². The van der Waals surface area contributed by atoms with Crippen LogP contribution in [0.3, 0.4) is 0 Å². The number of aromatic nitrogens is 1. The molecule has 0 unspecified atom stereocenters. The number of hydrogen-bond acceptors (Lipinski definition) is 9. The van der Waals surface area contributed by atoms with Crippen molar-refractivity contribution in [2.24, 2.45) is 0 Å². The Morgan fingerprint density at radius 3 is 2.47 bits per heavy atom. The number of benzene rings is 2. The highest BCUT2D eigenvalue weighted by Gasteiger charge is 2.29. The first-order valence-corrected chi connectivity index (χ1v) is 14.6. The Bertz CT molecular complexity index is 1370. The van der Waals surface area contributed by atoms with E-state index >= 15 is 0 Å². The lowest BCUT2D eigenvalue weighted by molar-refractivity contribution is 0.103. The van der Waals surface area contributed by atoms with Crippen LogP contribution in [-0.4, -0.2) is 54.9 Å². The van der Waals surface area contributed by atoms with Crippen LogP contribution in [0, 0.1) is 11.6 Å². The van der Waals surface area contributed by atoms with E-state index in [1.54, 1.807) is 0 Å². The summed E-state index contributed by atoms with van der Waals surface area (Å²) in [5, 5.41) is 6.76. The summed E-state index contributed by atoms with van der Waals surface area (Å²) in [6.07, 6.45) is 1.57. The van der Waals surface area contributed by atoms with Crippen molar-refractivity contribution in [1.82, 2.24) is 14.6 Å². The van der Waals surface area contributed by atoms with E-state index in [9.17, 15) is 22.0 Å². The maximum atomic E-state index is 14.0. The lowest BCUT2D eigenvalue weighted by atomic mass is 10.1. The van der Waals surface area contributed by atoms with Crippen LogP contribution in [0.5, 0.6) is 0 Å². The van der Waals surface area contributed by atoms with Crippen molar-refractivity contribution < 1.29 is 22.0 Å². The van der Waals surface area contributed by atoms with Gasteiger partial charge < -0.3 is 22.1 Å². The van der Waals surface area contributed by atoms with Gasteiger partial charge in [0, 0.05) is 31.4 Å². The van der Waals surface area contributed by atoms with Gasteiger partial charge in [-0.3, -0.25) is 4.79 Å². The molecule has 1 fully saturated rings. The highest BCUT2D eigenvalue weighted by molar-refractivity contribution is 7.89. The van der Waals surface area contributed by atoms with Crippen molar-refractivity contribution in [3.63, 3.8) is 0 Å². The summed E-state index contributed by atoms with van der Waals surface area (Å²) in [4.78, 5) is 16.8. The van der Waals surface area contributed by atoms with Gasteiger partial charge in [0.2, 0.25) is 15.8 Å².